The van der Waals surface area contributed by atoms with Crippen LogP contribution in [0.25, 0.3) is 11.3 Å². The summed E-state index contributed by atoms with van der Waals surface area (Å²) in [6.07, 6.45) is -2.31. The van der Waals surface area contributed by atoms with Crippen molar-refractivity contribution in [2.45, 2.75) is 31.0 Å². The summed E-state index contributed by atoms with van der Waals surface area (Å²) in [5, 5.41) is 1.84. The largest absolute Gasteiger partial charge is 0.491 e. The summed E-state index contributed by atoms with van der Waals surface area (Å²) in [5.74, 6) is -3.04. The van der Waals surface area contributed by atoms with Crippen molar-refractivity contribution in [2.24, 2.45) is 0 Å². The van der Waals surface area contributed by atoms with Crippen molar-refractivity contribution in [1.29, 1.82) is 0 Å². The molecule has 156 valence electrons. The van der Waals surface area contributed by atoms with Gasteiger partial charge in [-0.15, -0.1) is 0 Å². The number of benzene rings is 1. The minimum atomic E-state index is -5.25. The Kier molecular flexibility index (Phi) is 5.06. The molecule has 0 aliphatic heterocycles. The molecule has 2 aromatic heterocycles. The highest BCUT2D eigenvalue weighted by molar-refractivity contribution is 5.80. The van der Waals surface area contributed by atoms with Crippen molar-refractivity contribution in [1.82, 2.24) is 10.1 Å². The molecule has 10 heteroatoms. The number of carbonyl (C=O) groups is 1. The number of aromatic nitrogens is 2. The van der Waals surface area contributed by atoms with Crippen LogP contribution in [-0.4, -0.2) is 28.4 Å². The first kappa shape index (κ1) is 19.7. The van der Waals surface area contributed by atoms with Gasteiger partial charge >= 0.3 is 17.7 Å². The highest BCUT2D eigenvalue weighted by Gasteiger charge is 2.42. The summed E-state index contributed by atoms with van der Waals surface area (Å²) >= 11 is 0. The fraction of sp³-hybridized carbons (Fsp3) is 0.250. The molecule has 0 bridgehead atoms. The number of H-pyrrole nitrogens is 1. The molecule has 30 heavy (non-hydrogen) atoms. The third-order valence-corrected chi connectivity index (χ3v) is 4.74. The van der Waals surface area contributed by atoms with Crippen molar-refractivity contribution >= 4 is 5.97 Å². The van der Waals surface area contributed by atoms with Crippen LogP contribution in [0.1, 0.15) is 24.3 Å². The van der Waals surface area contributed by atoms with Gasteiger partial charge in [-0.1, -0.05) is 30.3 Å². The predicted molar refractivity (Wildman–Crippen MR) is 97.1 cm³/mol. The van der Waals surface area contributed by atoms with E-state index in [0.717, 1.165) is 12.8 Å². The molecule has 1 aromatic carbocycles. The molecule has 1 fully saturated rings. The highest BCUT2D eigenvalue weighted by Crippen LogP contribution is 2.39. The van der Waals surface area contributed by atoms with Gasteiger partial charge in [0, 0.05) is 17.8 Å². The van der Waals surface area contributed by atoms with Crippen LogP contribution in [0.4, 0.5) is 13.2 Å². The van der Waals surface area contributed by atoms with Crippen molar-refractivity contribution < 1.29 is 32.0 Å². The molecule has 4 rings (SSSR count). The number of pyridine rings is 1. The van der Waals surface area contributed by atoms with Crippen LogP contribution in [0.15, 0.2) is 58.0 Å². The van der Waals surface area contributed by atoms with Crippen LogP contribution < -0.4 is 15.0 Å². The van der Waals surface area contributed by atoms with E-state index in [4.69, 9.17) is 9.26 Å². The van der Waals surface area contributed by atoms with Crippen LogP contribution >= 0.6 is 0 Å². The fourth-order valence-electron chi connectivity index (χ4n) is 3.14. The molecule has 0 spiro atoms. The number of hydrogen-bond acceptors (Lipinski definition) is 6. The minimum absolute atomic E-state index is 0.00190. The lowest BCUT2D eigenvalue weighted by atomic mass is 9.77. The number of esters is 1. The average molecular weight is 420 g/mol. The molecule has 0 saturated heterocycles. The molecular formula is C20H15F3N2O5. The Morgan fingerprint density at radius 2 is 1.87 bits per heavy atom. The quantitative estimate of drug-likeness (QED) is 0.631. The van der Waals surface area contributed by atoms with Gasteiger partial charge in [0.25, 0.3) is 0 Å². The molecule has 0 radical (unpaired) electrons. The number of alkyl halides is 3. The second kappa shape index (κ2) is 7.69. The van der Waals surface area contributed by atoms with Gasteiger partial charge in [0.1, 0.15) is 6.10 Å². The van der Waals surface area contributed by atoms with Gasteiger partial charge in [-0.25, -0.2) is 9.78 Å². The molecule has 1 aliphatic rings. The smallest absolute Gasteiger partial charge is 0.474 e. The standard InChI is InChI=1S/C20H15F3N2O5/c21-20(22,23)19(27)29-17-16(30-25-18(17)26)12-6-7-15(24-10-12)28-14-8-13(9-14)11-4-2-1-3-5-11/h1-7,10,13-14H,8-9H2,(H,25,26). The van der Waals surface area contributed by atoms with Crippen LogP contribution in [0.2, 0.25) is 0 Å². The second-order valence-corrected chi connectivity index (χ2v) is 6.78. The van der Waals surface area contributed by atoms with Crippen LogP contribution in [0.5, 0.6) is 11.6 Å². The number of ether oxygens (including phenoxy) is 2. The lowest BCUT2D eigenvalue weighted by Gasteiger charge is -2.35. The Balaban J connectivity index is 1.41. The maximum absolute atomic E-state index is 12.4. The van der Waals surface area contributed by atoms with E-state index in [2.05, 4.69) is 21.9 Å². The van der Waals surface area contributed by atoms with E-state index in [9.17, 15) is 22.8 Å². The SMILES string of the molecule is O=C(Oc1c(-c2ccc(OC3CC(c4ccccc4)C3)nc2)o[nH]c1=O)C(F)(F)F. The van der Waals surface area contributed by atoms with Crippen LogP contribution in [0.3, 0.4) is 0 Å². The highest BCUT2D eigenvalue weighted by atomic mass is 19.4. The summed E-state index contributed by atoms with van der Waals surface area (Å²) < 4.78 is 52.0. The van der Waals surface area contributed by atoms with E-state index < -0.39 is 23.5 Å². The zero-order chi connectivity index (χ0) is 21.3. The predicted octanol–water partition coefficient (Wildman–Crippen LogP) is 3.82. The normalized spacial score (nSPS) is 18.5. The number of rotatable bonds is 5. The first-order chi connectivity index (χ1) is 14.3. The van der Waals surface area contributed by atoms with Crippen LogP contribution in [0, 0.1) is 0 Å². The Labute approximate surface area is 167 Å². The lowest BCUT2D eigenvalue weighted by Crippen LogP contribution is -2.32. The third kappa shape index (κ3) is 4.07. The number of carbonyl (C=O) groups excluding carboxylic acids is 1. The molecule has 1 N–H and O–H groups in total. The summed E-state index contributed by atoms with van der Waals surface area (Å²) in [6.45, 7) is 0. The van der Waals surface area contributed by atoms with Gasteiger partial charge in [-0.3, -0.25) is 4.79 Å². The maximum Gasteiger partial charge on any atom is 0.491 e. The zero-order valence-electron chi connectivity index (χ0n) is 15.3. The first-order valence-corrected chi connectivity index (χ1v) is 9.00. The van der Waals surface area contributed by atoms with Crippen molar-refractivity contribution in [3.05, 3.63) is 64.6 Å². The topological polar surface area (TPSA) is 94.4 Å². The van der Waals surface area contributed by atoms with Gasteiger partial charge in [-0.05, 0) is 30.4 Å². The number of nitrogens with zero attached hydrogens (tertiary/aromatic N) is 1. The van der Waals surface area contributed by atoms with E-state index in [1.165, 1.54) is 23.9 Å². The Morgan fingerprint density at radius 1 is 1.13 bits per heavy atom. The molecular weight excluding hydrogens is 405 g/mol. The summed E-state index contributed by atoms with van der Waals surface area (Å²) in [7, 11) is 0. The number of hydrogen-bond donors (Lipinski definition) is 1. The van der Waals surface area contributed by atoms with Gasteiger partial charge in [-0.2, -0.15) is 18.3 Å². The number of halogens is 3. The van der Waals surface area contributed by atoms with E-state index >= 15 is 0 Å². The van der Waals surface area contributed by atoms with Crippen molar-refractivity contribution in [3.63, 3.8) is 0 Å². The number of nitrogens with one attached hydrogen (secondary N) is 1. The van der Waals surface area contributed by atoms with E-state index in [1.807, 2.05) is 23.4 Å². The summed E-state index contributed by atoms with van der Waals surface area (Å²) in [4.78, 5) is 26.8. The monoisotopic (exact) mass is 420 g/mol. The van der Waals surface area contributed by atoms with E-state index in [0.29, 0.717) is 11.8 Å². The average Bonchev–Trinajstić information content (AvgIpc) is 3.05. The molecule has 2 heterocycles. The van der Waals surface area contributed by atoms with E-state index in [-0.39, 0.29) is 17.4 Å². The molecule has 0 amide bonds. The Morgan fingerprint density at radius 3 is 2.50 bits per heavy atom. The van der Waals surface area contributed by atoms with Gasteiger partial charge in [0.15, 0.2) is 0 Å². The Bertz CT molecular complexity index is 1080. The zero-order valence-corrected chi connectivity index (χ0v) is 15.3. The molecule has 1 aliphatic carbocycles. The van der Waals surface area contributed by atoms with Gasteiger partial charge in [0.05, 0.1) is 0 Å². The summed E-state index contributed by atoms with van der Waals surface area (Å²) in [5.41, 5.74) is 0.287. The molecule has 0 atom stereocenters. The fourth-order valence-corrected chi connectivity index (χ4v) is 3.14. The van der Waals surface area contributed by atoms with Crippen LogP contribution in [-0.2, 0) is 4.79 Å². The lowest BCUT2D eigenvalue weighted by molar-refractivity contribution is -0.189. The van der Waals surface area contributed by atoms with E-state index in [1.54, 1.807) is 0 Å². The molecule has 3 aromatic rings. The second-order valence-electron chi connectivity index (χ2n) is 6.78. The van der Waals surface area contributed by atoms with Gasteiger partial charge < -0.3 is 14.0 Å². The maximum atomic E-state index is 12.4. The molecule has 1 saturated carbocycles. The first-order valence-electron chi connectivity index (χ1n) is 9.00. The third-order valence-electron chi connectivity index (χ3n) is 4.74. The van der Waals surface area contributed by atoms with Gasteiger partial charge in [0.2, 0.25) is 17.4 Å². The Hall–Kier alpha value is -3.56. The molecule has 7 nitrogen and oxygen atoms in total. The summed E-state index contributed by atoms with van der Waals surface area (Å²) in [6, 6.07) is 13.0. The van der Waals surface area contributed by atoms with Crippen molar-refractivity contribution in [3.8, 4) is 23.0 Å². The van der Waals surface area contributed by atoms with Crippen molar-refractivity contribution in [2.75, 3.05) is 0 Å². The molecule has 0 unspecified atom stereocenters. The number of aromatic amines is 1. The minimum Gasteiger partial charge on any atom is -0.474 e.